The van der Waals surface area contributed by atoms with Gasteiger partial charge in [0.1, 0.15) is 5.82 Å². The van der Waals surface area contributed by atoms with Crippen molar-refractivity contribution >= 4 is 11.7 Å². The van der Waals surface area contributed by atoms with Crippen LogP contribution in [0, 0.1) is 5.82 Å². The topological polar surface area (TPSA) is 37.3 Å². The van der Waals surface area contributed by atoms with Gasteiger partial charge >= 0.3 is 6.03 Å². The van der Waals surface area contributed by atoms with Crippen LogP contribution in [-0.4, -0.2) is 15.5 Å². The van der Waals surface area contributed by atoms with Gasteiger partial charge in [-0.05, 0) is 53.6 Å². The minimum Gasteiger partial charge on any atom is -0.318 e. The standard InChI is InChI=1S/C25H20FN3O/c26-20-12-14-21(15-13-20)27-25(30)29-17-19-9-4-5-10-22(19)28-16-6-11-23(28)24(29)18-7-2-1-3-8-18/h1-16,24H,17H2,(H,27,30)/t24-/m0/s1. The number of carbonyl (C=O) groups excluding carboxylic acids is 1. The van der Waals surface area contributed by atoms with Crippen molar-refractivity contribution in [3.63, 3.8) is 0 Å². The highest BCUT2D eigenvalue weighted by atomic mass is 19.1. The summed E-state index contributed by atoms with van der Waals surface area (Å²) in [5, 5.41) is 2.93. The zero-order valence-electron chi connectivity index (χ0n) is 16.2. The maximum Gasteiger partial charge on any atom is 0.322 e. The minimum absolute atomic E-state index is 0.236. The third-order valence-electron chi connectivity index (χ3n) is 5.44. The van der Waals surface area contributed by atoms with Gasteiger partial charge < -0.3 is 14.8 Å². The number of nitrogens with one attached hydrogen (secondary N) is 1. The van der Waals surface area contributed by atoms with Gasteiger partial charge in [-0.1, -0.05) is 48.5 Å². The molecule has 30 heavy (non-hydrogen) atoms. The Hall–Kier alpha value is -3.86. The molecule has 0 unspecified atom stereocenters. The lowest BCUT2D eigenvalue weighted by Gasteiger charge is -2.31. The van der Waals surface area contributed by atoms with E-state index in [9.17, 15) is 9.18 Å². The van der Waals surface area contributed by atoms with E-state index in [4.69, 9.17) is 0 Å². The highest BCUT2D eigenvalue weighted by Gasteiger charge is 2.32. The molecule has 1 aliphatic rings. The maximum atomic E-state index is 13.4. The second-order valence-electron chi connectivity index (χ2n) is 7.31. The van der Waals surface area contributed by atoms with E-state index < -0.39 is 0 Å². The molecule has 1 N–H and O–H groups in total. The van der Waals surface area contributed by atoms with Crippen molar-refractivity contribution in [2.45, 2.75) is 12.6 Å². The largest absolute Gasteiger partial charge is 0.322 e. The molecule has 0 saturated heterocycles. The third-order valence-corrected chi connectivity index (χ3v) is 5.44. The fraction of sp³-hybridized carbons (Fsp3) is 0.0800. The number of anilines is 1. The molecule has 0 aliphatic carbocycles. The molecule has 4 aromatic rings. The third kappa shape index (κ3) is 3.24. The predicted octanol–water partition coefficient (Wildman–Crippen LogP) is 5.75. The van der Waals surface area contributed by atoms with Gasteiger partial charge in [0.25, 0.3) is 0 Å². The molecule has 1 atom stereocenters. The number of carbonyl (C=O) groups is 1. The lowest BCUT2D eigenvalue weighted by atomic mass is 10.0. The summed E-state index contributed by atoms with van der Waals surface area (Å²) in [6.07, 6.45) is 2.03. The number of urea groups is 1. The van der Waals surface area contributed by atoms with Crippen LogP contribution in [0.1, 0.15) is 22.9 Å². The number of amides is 2. The van der Waals surface area contributed by atoms with Crippen LogP contribution in [0.4, 0.5) is 14.9 Å². The van der Waals surface area contributed by atoms with E-state index in [1.807, 2.05) is 65.7 Å². The number of benzene rings is 3. The van der Waals surface area contributed by atoms with Crippen LogP contribution in [0.5, 0.6) is 0 Å². The average molecular weight is 397 g/mol. The summed E-state index contributed by atoms with van der Waals surface area (Å²) in [4.78, 5) is 15.3. The molecule has 1 aliphatic heterocycles. The first-order valence-electron chi connectivity index (χ1n) is 9.84. The molecule has 2 heterocycles. The number of hydrogen-bond acceptors (Lipinski definition) is 1. The van der Waals surface area contributed by atoms with Gasteiger partial charge in [0, 0.05) is 17.6 Å². The Kier molecular flexibility index (Phi) is 4.56. The number of hydrogen-bond donors (Lipinski definition) is 1. The Bertz CT molecular complexity index is 1180. The first kappa shape index (κ1) is 18.2. The molecule has 0 fully saturated rings. The highest BCUT2D eigenvalue weighted by Crippen LogP contribution is 2.36. The Labute approximate surface area is 174 Å². The average Bonchev–Trinajstić information content (AvgIpc) is 3.20. The number of fused-ring (bicyclic) bond motifs is 3. The molecule has 0 bridgehead atoms. The minimum atomic E-state index is -0.336. The van der Waals surface area contributed by atoms with Crippen LogP contribution < -0.4 is 5.32 Å². The van der Waals surface area contributed by atoms with Crippen LogP contribution in [0.2, 0.25) is 0 Å². The van der Waals surface area contributed by atoms with E-state index in [1.165, 1.54) is 12.1 Å². The quantitative estimate of drug-likeness (QED) is 0.459. The monoisotopic (exact) mass is 397 g/mol. The van der Waals surface area contributed by atoms with E-state index in [0.717, 1.165) is 22.5 Å². The fourth-order valence-electron chi connectivity index (χ4n) is 4.05. The van der Waals surface area contributed by atoms with Crippen molar-refractivity contribution in [3.8, 4) is 5.69 Å². The summed E-state index contributed by atoms with van der Waals surface area (Å²) in [5.74, 6) is -0.336. The van der Waals surface area contributed by atoms with E-state index in [0.29, 0.717) is 12.2 Å². The molecule has 5 heteroatoms. The van der Waals surface area contributed by atoms with Crippen molar-refractivity contribution in [1.82, 2.24) is 9.47 Å². The zero-order valence-corrected chi connectivity index (χ0v) is 16.2. The van der Waals surface area contributed by atoms with Gasteiger partial charge in [-0.15, -0.1) is 0 Å². The predicted molar refractivity (Wildman–Crippen MR) is 115 cm³/mol. The second kappa shape index (κ2) is 7.52. The fourth-order valence-corrected chi connectivity index (χ4v) is 4.05. The summed E-state index contributed by atoms with van der Waals surface area (Å²) < 4.78 is 15.4. The van der Waals surface area contributed by atoms with Crippen LogP contribution in [-0.2, 0) is 6.54 Å². The van der Waals surface area contributed by atoms with Gasteiger partial charge in [0.2, 0.25) is 0 Å². The van der Waals surface area contributed by atoms with Gasteiger partial charge in [-0.3, -0.25) is 0 Å². The molecule has 148 valence electrons. The van der Waals surface area contributed by atoms with Crippen LogP contribution in [0.25, 0.3) is 5.69 Å². The van der Waals surface area contributed by atoms with Crippen molar-refractivity contribution in [2.75, 3.05) is 5.32 Å². The van der Waals surface area contributed by atoms with E-state index >= 15 is 0 Å². The van der Waals surface area contributed by atoms with Crippen molar-refractivity contribution in [1.29, 1.82) is 0 Å². The Morgan fingerprint density at radius 2 is 1.60 bits per heavy atom. The van der Waals surface area contributed by atoms with E-state index in [-0.39, 0.29) is 17.9 Å². The molecule has 0 spiro atoms. The molecular formula is C25H20FN3O. The summed E-state index contributed by atoms with van der Waals surface area (Å²) in [6.45, 7) is 0.449. The normalized spacial score (nSPS) is 15.1. The number of rotatable bonds is 2. The molecule has 0 saturated carbocycles. The summed E-state index contributed by atoms with van der Waals surface area (Å²) in [5.41, 5.74) is 4.72. The van der Waals surface area contributed by atoms with Gasteiger partial charge in [0.05, 0.1) is 18.3 Å². The molecular weight excluding hydrogens is 377 g/mol. The maximum absolute atomic E-state index is 13.4. The summed E-state index contributed by atoms with van der Waals surface area (Å²) >= 11 is 0. The molecule has 4 nitrogen and oxygen atoms in total. The number of halogens is 1. The van der Waals surface area contributed by atoms with Crippen LogP contribution >= 0.6 is 0 Å². The Balaban J connectivity index is 1.62. The molecule has 3 aromatic carbocycles. The Morgan fingerprint density at radius 1 is 0.867 bits per heavy atom. The van der Waals surface area contributed by atoms with Gasteiger partial charge in [0.15, 0.2) is 0 Å². The molecule has 0 radical (unpaired) electrons. The number of nitrogens with zero attached hydrogens (tertiary/aromatic N) is 2. The molecule has 1 aromatic heterocycles. The summed E-state index contributed by atoms with van der Waals surface area (Å²) in [7, 11) is 0. The van der Waals surface area contributed by atoms with Crippen molar-refractivity contribution < 1.29 is 9.18 Å². The number of aromatic nitrogens is 1. The summed E-state index contributed by atoms with van der Waals surface area (Å²) in [6, 6.07) is 27.5. The van der Waals surface area contributed by atoms with Crippen molar-refractivity contribution in [2.24, 2.45) is 0 Å². The van der Waals surface area contributed by atoms with Gasteiger partial charge in [-0.2, -0.15) is 0 Å². The van der Waals surface area contributed by atoms with E-state index in [1.54, 1.807) is 12.1 Å². The lowest BCUT2D eigenvalue weighted by molar-refractivity contribution is 0.194. The lowest BCUT2D eigenvalue weighted by Crippen LogP contribution is -2.37. The first-order chi connectivity index (χ1) is 14.7. The Morgan fingerprint density at radius 3 is 2.40 bits per heavy atom. The molecule has 5 rings (SSSR count). The second-order valence-corrected chi connectivity index (χ2v) is 7.31. The number of para-hydroxylation sites is 1. The SMILES string of the molecule is O=C(Nc1ccc(F)cc1)N1Cc2ccccc2-n2cccc2[C@@H]1c1ccccc1. The smallest absolute Gasteiger partial charge is 0.318 e. The van der Waals surface area contributed by atoms with Crippen LogP contribution in [0.15, 0.2) is 97.2 Å². The molecule has 2 amide bonds. The van der Waals surface area contributed by atoms with Gasteiger partial charge in [-0.25, -0.2) is 9.18 Å². The van der Waals surface area contributed by atoms with Crippen molar-refractivity contribution in [3.05, 3.63) is 120 Å². The highest BCUT2D eigenvalue weighted by molar-refractivity contribution is 5.90. The van der Waals surface area contributed by atoms with Crippen LogP contribution in [0.3, 0.4) is 0 Å². The zero-order chi connectivity index (χ0) is 20.5. The first-order valence-corrected chi connectivity index (χ1v) is 9.84. The van der Waals surface area contributed by atoms with E-state index in [2.05, 4.69) is 22.0 Å².